The SMILES string of the molecule is CC.Cc1nc2ccccc2c(C(=O)O)c1C.II. The number of carbonyl (C=O) groups is 1. The fourth-order valence-electron chi connectivity index (χ4n) is 1.71. The number of aryl methyl sites for hydroxylation is 1. The molecule has 3 nitrogen and oxygen atoms in total. The lowest BCUT2D eigenvalue weighted by Crippen LogP contribution is -2.04. The molecule has 19 heavy (non-hydrogen) atoms. The maximum absolute atomic E-state index is 11.2. The molecule has 0 radical (unpaired) electrons. The highest BCUT2D eigenvalue weighted by Crippen LogP contribution is 2.22. The van der Waals surface area contributed by atoms with Crippen molar-refractivity contribution >= 4 is 54.1 Å². The second kappa shape index (κ2) is 9.46. The Balaban J connectivity index is 0.000000741. The van der Waals surface area contributed by atoms with Gasteiger partial charge in [-0.25, -0.2) is 4.79 Å². The largest absolute Gasteiger partial charge is 0.478 e. The van der Waals surface area contributed by atoms with Gasteiger partial charge in [-0.3, -0.25) is 4.98 Å². The van der Waals surface area contributed by atoms with Gasteiger partial charge in [-0.2, -0.15) is 0 Å². The van der Waals surface area contributed by atoms with Crippen molar-refractivity contribution in [2.75, 3.05) is 0 Å². The summed E-state index contributed by atoms with van der Waals surface area (Å²) >= 11 is 4.24. The van der Waals surface area contributed by atoms with Crippen molar-refractivity contribution in [3.63, 3.8) is 0 Å². The van der Waals surface area contributed by atoms with Gasteiger partial charge >= 0.3 is 5.97 Å². The third-order valence-electron chi connectivity index (χ3n) is 2.59. The van der Waals surface area contributed by atoms with Crippen LogP contribution in [0.3, 0.4) is 0 Å². The minimum absolute atomic E-state index is 0.359. The van der Waals surface area contributed by atoms with E-state index in [1.807, 2.05) is 39.0 Å². The molecule has 0 saturated heterocycles. The summed E-state index contributed by atoms with van der Waals surface area (Å²) in [4.78, 5) is 15.5. The van der Waals surface area contributed by atoms with Crippen LogP contribution < -0.4 is 0 Å². The van der Waals surface area contributed by atoms with Crippen molar-refractivity contribution in [1.82, 2.24) is 4.98 Å². The average Bonchev–Trinajstić information content (AvgIpc) is 2.44. The van der Waals surface area contributed by atoms with Crippen LogP contribution in [0.2, 0.25) is 0 Å². The Kier molecular flexibility index (Phi) is 9.24. The predicted octanol–water partition coefficient (Wildman–Crippen LogP) is 5.35. The molecule has 1 heterocycles. The van der Waals surface area contributed by atoms with Crippen LogP contribution in [-0.2, 0) is 0 Å². The number of aromatic carboxylic acids is 1. The van der Waals surface area contributed by atoms with Crippen LogP contribution in [0.4, 0.5) is 0 Å². The van der Waals surface area contributed by atoms with Crippen LogP contribution in [0.1, 0.15) is 35.5 Å². The number of benzene rings is 1. The zero-order chi connectivity index (χ0) is 15.0. The zero-order valence-corrected chi connectivity index (χ0v) is 15.7. The molecule has 1 aromatic heterocycles. The van der Waals surface area contributed by atoms with Crippen molar-refractivity contribution in [3.05, 3.63) is 41.1 Å². The van der Waals surface area contributed by atoms with E-state index >= 15 is 0 Å². The van der Waals surface area contributed by atoms with Crippen LogP contribution in [0, 0.1) is 13.8 Å². The van der Waals surface area contributed by atoms with Gasteiger partial charge < -0.3 is 5.11 Å². The van der Waals surface area contributed by atoms with Crippen molar-refractivity contribution in [1.29, 1.82) is 0 Å². The molecule has 1 aromatic carbocycles. The lowest BCUT2D eigenvalue weighted by atomic mass is 10.0. The van der Waals surface area contributed by atoms with E-state index in [4.69, 9.17) is 5.11 Å². The highest BCUT2D eigenvalue weighted by atomic mass is 128. The number of aromatic nitrogens is 1. The number of halogens is 2. The standard InChI is InChI=1S/C12H11NO2.C2H6.I2/c1-7-8(2)13-10-6-4-3-5-9(10)11(7)12(14)15;2*1-2/h3-6H,1-2H3,(H,14,15);1-2H3;. The zero-order valence-electron chi connectivity index (χ0n) is 11.4. The Morgan fingerprint density at radius 2 is 1.68 bits per heavy atom. The van der Waals surface area contributed by atoms with Crippen LogP contribution in [0.15, 0.2) is 24.3 Å². The number of pyridine rings is 1. The van der Waals surface area contributed by atoms with Gasteiger partial charge in [0.15, 0.2) is 0 Å². The van der Waals surface area contributed by atoms with E-state index in [9.17, 15) is 4.79 Å². The molecule has 104 valence electrons. The topological polar surface area (TPSA) is 50.2 Å². The van der Waals surface area contributed by atoms with Crippen LogP contribution in [-0.4, -0.2) is 16.1 Å². The number of carboxylic acids is 1. The monoisotopic (exact) mass is 485 g/mol. The third-order valence-corrected chi connectivity index (χ3v) is 2.59. The maximum atomic E-state index is 11.2. The molecule has 1 N–H and O–H groups in total. The highest BCUT2D eigenvalue weighted by Gasteiger charge is 2.14. The number of carboxylic acid groups (broad SMARTS) is 1. The number of fused-ring (bicyclic) bond motifs is 1. The second-order valence-electron chi connectivity index (χ2n) is 3.52. The number of para-hydroxylation sites is 1. The number of rotatable bonds is 1. The number of nitrogens with zero attached hydrogens (tertiary/aromatic N) is 1. The van der Waals surface area contributed by atoms with Crippen molar-refractivity contribution in [2.24, 2.45) is 0 Å². The summed E-state index contributed by atoms with van der Waals surface area (Å²) in [6.45, 7) is 7.62. The van der Waals surface area contributed by atoms with E-state index in [1.54, 1.807) is 13.0 Å². The van der Waals surface area contributed by atoms with Crippen molar-refractivity contribution in [2.45, 2.75) is 27.7 Å². The quantitative estimate of drug-likeness (QED) is 0.555. The first-order chi connectivity index (χ1) is 9.11. The van der Waals surface area contributed by atoms with Crippen LogP contribution >= 0.6 is 37.2 Å². The summed E-state index contributed by atoms with van der Waals surface area (Å²) in [6.07, 6.45) is 0. The molecule has 0 saturated carbocycles. The van der Waals surface area contributed by atoms with Gasteiger partial charge in [-0.05, 0) is 25.5 Å². The van der Waals surface area contributed by atoms with Gasteiger partial charge in [0.2, 0.25) is 0 Å². The van der Waals surface area contributed by atoms with Gasteiger partial charge in [-0.15, -0.1) is 0 Å². The average molecular weight is 485 g/mol. The Hall–Kier alpha value is -0.440. The van der Waals surface area contributed by atoms with E-state index in [-0.39, 0.29) is 0 Å². The lowest BCUT2D eigenvalue weighted by molar-refractivity contribution is 0.0698. The summed E-state index contributed by atoms with van der Waals surface area (Å²) in [5.41, 5.74) is 2.60. The molecule has 0 aliphatic carbocycles. The summed E-state index contributed by atoms with van der Waals surface area (Å²) in [5, 5.41) is 9.86. The van der Waals surface area contributed by atoms with E-state index in [1.165, 1.54) is 0 Å². The summed E-state index contributed by atoms with van der Waals surface area (Å²) in [6, 6.07) is 7.30. The minimum atomic E-state index is -0.894. The van der Waals surface area contributed by atoms with Gasteiger partial charge in [0.05, 0.1) is 11.1 Å². The van der Waals surface area contributed by atoms with E-state index in [0.29, 0.717) is 10.9 Å². The van der Waals surface area contributed by atoms with E-state index in [2.05, 4.69) is 42.2 Å². The molecule has 2 rings (SSSR count). The normalized spacial score (nSPS) is 8.95. The molecule has 5 heteroatoms. The molecule has 0 unspecified atom stereocenters. The molecule has 0 fully saturated rings. The van der Waals surface area contributed by atoms with E-state index < -0.39 is 5.97 Å². The second-order valence-corrected chi connectivity index (χ2v) is 3.52. The van der Waals surface area contributed by atoms with Crippen molar-refractivity contribution < 1.29 is 9.90 Å². The number of hydrogen-bond donors (Lipinski definition) is 1. The Morgan fingerprint density at radius 1 is 1.16 bits per heavy atom. The summed E-state index contributed by atoms with van der Waals surface area (Å²) in [5.74, 6) is -0.894. The Labute approximate surface area is 137 Å². The molecule has 2 aromatic rings. The third kappa shape index (κ3) is 4.55. The molecular formula is C14H17I2NO2. The predicted molar refractivity (Wildman–Crippen MR) is 97.6 cm³/mol. The summed E-state index contributed by atoms with van der Waals surface area (Å²) in [7, 11) is 0. The molecule has 0 aliphatic rings. The maximum Gasteiger partial charge on any atom is 0.336 e. The van der Waals surface area contributed by atoms with Crippen LogP contribution in [0.25, 0.3) is 10.9 Å². The first kappa shape index (κ1) is 18.6. The first-order valence-electron chi connectivity index (χ1n) is 5.85. The molecule has 0 spiro atoms. The molecule has 0 amide bonds. The molecule has 0 atom stereocenters. The first-order valence-corrected chi connectivity index (χ1v) is 12.1. The van der Waals surface area contributed by atoms with Gasteiger partial charge in [0.1, 0.15) is 0 Å². The van der Waals surface area contributed by atoms with Gasteiger partial charge in [0.25, 0.3) is 0 Å². The number of hydrogen-bond acceptors (Lipinski definition) is 2. The van der Waals surface area contributed by atoms with E-state index in [0.717, 1.165) is 16.8 Å². The lowest BCUT2D eigenvalue weighted by Gasteiger charge is -2.08. The van der Waals surface area contributed by atoms with Crippen molar-refractivity contribution in [3.8, 4) is 0 Å². The molecule has 0 bridgehead atoms. The van der Waals surface area contributed by atoms with Gasteiger partial charge in [-0.1, -0.05) is 32.0 Å². The summed E-state index contributed by atoms with van der Waals surface area (Å²) < 4.78 is 0. The Morgan fingerprint density at radius 3 is 2.21 bits per heavy atom. The highest BCUT2D eigenvalue weighted by molar-refractivity contribution is 15.0. The van der Waals surface area contributed by atoms with Gasteiger partial charge in [0, 0.05) is 48.3 Å². The van der Waals surface area contributed by atoms with Crippen LogP contribution in [0.5, 0.6) is 0 Å². The molecule has 0 aliphatic heterocycles. The minimum Gasteiger partial charge on any atom is -0.478 e. The smallest absolute Gasteiger partial charge is 0.336 e. The molecular weight excluding hydrogens is 468 g/mol. The fraction of sp³-hybridized carbons (Fsp3) is 0.286. The fourth-order valence-corrected chi connectivity index (χ4v) is 1.71. The Bertz CT molecular complexity index is 556.